The van der Waals surface area contributed by atoms with E-state index >= 15 is 0 Å². The number of benzene rings is 14. The van der Waals surface area contributed by atoms with Gasteiger partial charge in [-0.05, 0) is 242 Å². The molecule has 1 aliphatic carbocycles. The van der Waals surface area contributed by atoms with Crippen LogP contribution in [0.3, 0.4) is 0 Å². The van der Waals surface area contributed by atoms with Crippen LogP contribution in [0.15, 0.2) is 279 Å². The van der Waals surface area contributed by atoms with Crippen LogP contribution >= 0.6 is 0 Å². The van der Waals surface area contributed by atoms with E-state index in [0.29, 0.717) is 6.04 Å². The van der Waals surface area contributed by atoms with Gasteiger partial charge in [-0.1, -0.05) is 217 Å². The zero-order valence-corrected chi connectivity index (χ0v) is 54.6. The monoisotopic (exact) mass is 1210 g/mol. The summed E-state index contributed by atoms with van der Waals surface area (Å²) < 4.78 is 0. The van der Waals surface area contributed by atoms with Crippen LogP contribution in [0, 0.1) is 40.5 Å². The Morgan fingerprint density at radius 2 is 0.489 bits per heavy atom. The smallest absolute Gasteiger partial charge is 0.0540 e. The van der Waals surface area contributed by atoms with Gasteiger partial charge in [-0.25, -0.2) is 0 Å². The lowest BCUT2D eigenvalue weighted by Crippen LogP contribution is -2.34. The summed E-state index contributed by atoms with van der Waals surface area (Å²) in [7, 11) is 0. The van der Waals surface area contributed by atoms with E-state index in [1.807, 2.05) is 0 Å². The molecule has 1 saturated carbocycles. The van der Waals surface area contributed by atoms with E-state index < -0.39 is 0 Å². The third-order valence-electron chi connectivity index (χ3n) is 19.5. The molecule has 14 aromatic rings. The van der Waals surface area contributed by atoms with E-state index in [0.717, 1.165) is 73.8 Å². The Hall–Kier alpha value is -10.9. The van der Waals surface area contributed by atoms with Gasteiger partial charge in [0, 0.05) is 68.0 Å². The minimum absolute atomic E-state index is 0.507. The Labute approximate surface area is 554 Å². The molecule has 458 valence electrons. The molecule has 0 heterocycles. The minimum Gasteiger partial charge on any atom is -0.338 e. The summed E-state index contributed by atoms with van der Waals surface area (Å²) in [6, 6.07) is 104. The fourth-order valence-electron chi connectivity index (χ4n) is 14.3. The number of hydrogen-bond acceptors (Lipinski definition) is 4. The van der Waals surface area contributed by atoms with Gasteiger partial charge in [0.15, 0.2) is 0 Å². The molecule has 0 radical (unpaired) electrons. The molecule has 0 unspecified atom stereocenters. The maximum Gasteiger partial charge on any atom is 0.0540 e. The first kappa shape index (κ1) is 59.4. The van der Waals surface area contributed by atoms with Gasteiger partial charge >= 0.3 is 0 Å². The SMILES string of the molecule is Cc1ccc(N(c2ccc(C)cc2)c2ccc(/C=C/c3ccc(N(c4ccc(C)cc4)c4ccc5c6ccc(N(c7ccc(C)cc7)c7ccc(/C=C/c8ccc(N(c9ccc(C)cc9)C9CCC(C)CC9)cc8)cc7)c7cccc(c8cccc4c85)c76)cc3)cc2)cc1. The highest BCUT2D eigenvalue weighted by molar-refractivity contribution is 6.35. The molecule has 1 aliphatic rings. The Balaban J connectivity index is 0.733. The number of aryl methyl sites for hydroxylation is 5. The highest BCUT2D eigenvalue weighted by atomic mass is 15.2. The lowest BCUT2D eigenvalue weighted by atomic mass is 9.86. The maximum atomic E-state index is 2.59. The first-order valence-electron chi connectivity index (χ1n) is 33.5. The normalized spacial score (nSPS) is 14.2. The molecule has 0 amide bonds. The van der Waals surface area contributed by atoms with Crippen LogP contribution in [-0.2, 0) is 0 Å². The first-order valence-corrected chi connectivity index (χ1v) is 33.5. The predicted octanol–water partition coefficient (Wildman–Crippen LogP) is 25.7. The molecule has 0 atom stereocenters. The number of fused-ring (bicyclic) bond motifs is 2. The zero-order chi connectivity index (χ0) is 63.8. The van der Waals surface area contributed by atoms with Crippen molar-refractivity contribution in [2.24, 2.45) is 5.92 Å². The van der Waals surface area contributed by atoms with Crippen LogP contribution in [0.25, 0.3) is 67.4 Å². The fourth-order valence-corrected chi connectivity index (χ4v) is 14.3. The number of nitrogens with zero attached hydrogens (tertiary/aromatic N) is 4. The van der Waals surface area contributed by atoms with E-state index in [-0.39, 0.29) is 0 Å². The highest BCUT2D eigenvalue weighted by Gasteiger charge is 2.27. The van der Waals surface area contributed by atoms with Crippen LogP contribution in [0.2, 0.25) is 0 Å². The van der Waals surface area contributed by atoms with Gasteiger partial charge in [0.2, 0.25) is 0 Å². The Kier molecular flexibility index (Phi) is 16.2. The average Bonchev–Trinajstić information content (AvgIpc) is 0.710. The third-order valence-corrected chi connectivity index (χ3v) is 19.5. The van der Waals surface area contributed by atoms with Gasteiger partial charge in [0.1, 0.15) is 0 Å². The summed E-state index contributed by atoms with van der Waals surface area (Å²) in [4.78, 5) is 9.77. The molecule has 0 bridgehead atoms. The van der Waals surface area contributed by atoms with Crippen molar-refractivity contribution in [3.05, 3.63) is 329 Å². The zero-order valence-electron chi connectivity index (χ0n) is 54.6. The molecule has 0 aliphatic heterocycles. The molecule has 0 aromatic heterocycles. The molecular formula is C90H78N4. The molecular weight excluding hydrogens is 1140 g/mol. The molecule has 0 saturated heterocycles. The van der Waals surface area contributed by atoms with E-state index in [9.17, 15) is 0 Å². The minimum atomic E-state index is 0.507. The van der Waals surface area contributed by atoms with Gasteiger partial charge in [0.05, 0.1) is 11.4 Å². The van der Waals surface area contributed by atoms with E-state index in [1.165, 1.54) is 114 Å². The second-order valence-corrected chi connectivity index (χ2v) is 26.2. The Bertz CT molecular complexity index is 4960. The van der Waals surface area contributed by atoms with Gasteiger partial charge in [0.25, 0.3) is 0 Å². The van der Waals surface area contributed by atoms with E-state index in [2.05, 4.69) is 364 Å². The molecule has 1 fully saturated rings. The lowest BCUT2D eigenvalue weighted by Gasteiger charge is -2.38. The summed E-state index contributed by atoms with van der Waals surface area (Å²) in [6.45, 7) is 13.2. The fraction of sp³-hybridized carbons (Fsp3) is 0.133. The Morgan fingerprint density at radius 1 is 0.245 bits per heavy atom. The Morgan fingerprint density at radius 3 is 0.798 bits per heavy atom. The first-order chi connectivity index (χ1) is 46.0. The lowest BCUT2D eigenvalue weighted by molar-refractivity contribution is 0.345. The topological polar surface area (TPSA) is 13.0 Å². The predicted molar refractivity (Wildman–Crippen MR) is 406 cm³/mol. The van der Waals surface area contributed by atoms with Crippen molar-refractivity contribution in [2.75, 3.05) is 19.6 Å². The number of anilines is 11. The van der Waals surface area contributed by atoms with Gasteiger partial charge in [-0.2, -0.15) is 0 Å². The van der Waals surface area contributed by atoms with Crippen LogP contribution in [0.4, 0.5) is 62.6 Å². The molecule has 4 heteroatoms. The molecule has 0 N–H and O–H groups in total. The summed E-state index contributed by atoms with van der Waals surface area (Å²) >= 11 is 0. The molecule has 15 rings (SSSR count). The molecule has 94 heavy (non-hydrogen) atoms. The second kappa shape index (κ2) is 25.6. The van der Waals surface area contributed by atoms with Crippen molar-refractivity contribution < 1.29 is 0 Å². The quantitative estimate of drug-likeness (QED) is 0.0543. The van der Waals surface area contributed by atoms with Crippen molar-refractivity contribution >= 4 is 130 Å². The average molecular weight is 1220 g/mol. The van der Waals surface area contributed by atoms with Crippen molar-refractivity contribution in [3.63, 3.8) is 0 Å². The molecule has 0 spiro atoms. The number of rotatable bonds is 16. The van der Waals surface area contributed by atoms with Gasteiger partial charge in [-0.3, -0.25) is 0 Å². The largest absolute Gasteiger partial charge is 0.338 e. The summed E-state index contributed by atoms with van der Waals surface area (Å²) in [6.07, 6.45) is 13.9. The maximum absolute atomic E-state index is 2.59. The van der Waals surface area contributed by atoms with Crippen LogP contribution < -0.4 is 19.6 Å². The van der Waals surface area contributed by atoms with Gasteiger partial charge < -0.3 is 19.6 Å². The summed E-state index contributed by atoms with van der Waals surface area (Å²) in [5.74, 6) is 0.801. The second-order valence-electron chi connectivity index (χ2n) is 26.2. The van der Waals surface area contributed by atoms with Crippen LogP contribution in [-0.4, -0.2) is 6.04 Å². The van der Waals surface area contributed by atoms with E-state index in [1.54, 1.807) is 0 Å². The standard InChI is InChI=1S/C90H78N4/c1-61-13-37-71(38-14-61)91(72-39-15-62(2)16-40-72)75-49-29-67(30-50-75)25-27-69-33-53-79(54-34-69)93(77-45-21-65(5)22-46-77)87-59-57-83-84-58-60-88(86-12-8-10-82(90(84)86)81-9-7-11-85(87)89(81)83)94(78-47-23-66(6)24-48-78)80-55-35-70(36-56-80)28-26-68-31-51-76(52-32-68)92(73-41-17-63(3)18-42-73)74-43-19-64(4)20-44-74/h7-18,21-42,45-60,64,74H,19-20,43-44H2,1-6H3/b27-25+,28-26+. The third kappa shape index (κ3) is 11.9. The van der Waals surface area contributed by atoms with Crippen LogP contribution in [0.1, 0.15) is 82.7 Å². The molecule has 4 nitrogen and oxygen atoms in total. The van der Waals surface area contributed by atoms with E-state index in [4.69, 9.17) is 0 Å². The molecule has 14 aromatic carbocycles. The van der Waals surface area contributed by atoms with Crippen molar-refractivity contribution in [3.8, 4) is 0 Å². The summed E-state index contributed by atoms with van der Waals surface area (Å²) in [5, 5.41) is 9.94. The number of hydrogen-bond donors (Lipinski definition) is 0. The van der Waals surface area contributed by atoms with Gasteiger partial charge in [-0.15, -0.1) is 0 Å². The van der Waals surface area contributed by atoms with Crippen LogP contribution in [0.5, 0.6) is 0 Å². The van der Waals surface area contributed by atoms with Crippen molar-refractivity contribution in [1.82, 2.24) is 0 Å². The van der Waals surface area contributed by atoms with Crippen molar-refractivity contribution in [1.29, 1.82) is 0 Å². The highest BCUT2D eigenvalue weighted by Crippen LogP contribution is 2.50. The summed E-state index contributed by atoms with van der Waals surface area (Å²) in [5.41, 5.74) is 23.5. The van der Waals surface area contributed by atoms with Crippen molar-refractivity contribution in [2.45, 2.75) is 73.3 Å².